The first-order valence-corrected chi connectivity index (χ1v) is 13.9. The highest BCUT2D eigenvalue weighted by atomic mass is 32.2. The summed E-state index contributed by atoms with van der Waals surface area (Å²) in [6.07, 6.45) is 1.66. The summed E-state index contributed by atoms with van der Waals surface area (Å²) in [6.45, 7) is 3.83. The highest BCUT2D eigenvalue weighted by Crippen LogP contribution is 2.56. The molecule has 1 aromatic carbocycles. The van der Waals surface area contributed by atoms with Crippen molar-refractivity contribution in [2.75, 3.05) is 25.0 Å². The van der Waals surface area contributed by atoms with E-state index < -0.39 is 23.8 Å². The molecule has 2 N–H and O–H groups in total. The number of nitrogens with one attached hydrogen (secondary N) is 2. The van der Waals surface area contributed by atoms with Crippen LogP contribution >= 0.6 is 23.1 Å². The van der Waals surface area contributed by atoms with Crippen LogP contribution < -0.4 is 10.6 Å². The van der Waals surface area contributed by atoms with Crippen LogP contribution in [0.15, 0.2) is 27.6 Å². The van der Waals surface area contributed by atoms with Gasteiger partial charge in [0.25, 0.3) is 0 Å². The Morgan fingerprint density at radius 1 is 1.35 bits per heavy atom. The number of fused-ring (bicyclic) bond motifs is 1. The lowest BCUT2D eigenvalue weighted by molar-refractivity contribution is -0.123. The minimum Gasteiger partial charge on any atom is -0.378 e. The Morgan fingerprint density at radius 3 is 2.84 bits per heavy atom. The van der Waals surface area contributed by atoms with E-state index in [9.17, 15) is 22.4 Å². The first-order chi connectivity index (χ1) is 17.7. The number of halogens is 4. The molecule has 0 unspecified atom stereocenters. The molecular formula is C24H25F4N5O2S2. The van der Waals surface area contributed by atoms with Gasteiger partial charge >= 0.3 is 5.51 Å². The number of benzene rings is 1. The summed E-state index contributed by atoms with van der Waals surface area (Å²) in [5, 5.41) is 10.5. The lowest BCUT2D eigenvalue weighted by Gasteiger charge is -2.34. The molecule has 3 aliphatic rings. The molecule has 2 aliphatic heterocycles. The fourth-order valence-electron chi connectivity index (χ4n) is 5.24. The predicted octanol–water partition coefficient (Wildman–Crippen LogP) is 5.75. The third-order valence-electron chi connectivity index (χ3n) is 7.48. The summed E-state index contributed by atoms with van der Waals surface area (Å²) in [5.41, 5.74) is -4.32. The maximum absolute atomic E-state index is 14.9. The van der Waals surface area contributed by atoms with Crippen molar-refractivity contribution in [3.63, 3.8) is 0 Å². The van der Waals surface area contributed by atoms with Gasteiger partial charge in [-0.2, -0.15) is 18.2 Å². The number of aromatic nitrogens is 2. The van der Waals surface area contributed by atoms with E-state index in [1.807, 2.05) is 11.8 Å². The molecule has 37 heavy (non-hydrogen) atoms. The molecule has 7 nitrogen and oxygen atoms in total. The molecule has 2 saturated heterocycles. The molecule has 1 aliphatic carbocycles. The maximum atomic E-state index is 14.9. The number of carbonyl (C=O) groups is 1. The minimum atomic E-state index is -4.53. The molecule has 0 radical (unpaired) electrons. The molecule has 3 aromatic rings. The summed E-state index contributed by atoms with van der Waals surface area (Å²) in [5.74, 6) is 0.187. The zero-order valence-corrected chi connectivity index (χ0v) is 21.5. The van der Waals surface area contributed by atoms with Crippen LogP contribution in [0, 0.1) is 5.41 Å². The van der Waals surface area contributed by atoms with E-state index >= 15 is 0 Å². The zero-order valence-electron chi connectivity index (χ0n) is 19.9. The second kappa shape index (κ2) is 9.12. The van der Waals surface area contributed by atoms with Crippen molar-refractivity contribution in [2.45, 2.75) is 61.3 Å². The van der Waals surface area contributed by atoms with Crippen molar-refractivity contribution in [3.8, 4) is 10.7 Å². The van der Waals surface area contributed by atoms with E-state index in [0.29, 0.717) is 35.2 Å². The van der Waals surface area contributed by atoms with E-state index in [2.05, 4.69) is 20.8 Å². The van der Waals surface area contributed by atoms with Crippen LogP contribution in [0.2, 0.25) is 0 Å². The standard InChI is InChI=1S/C24H25F4N5O2S2/c1-2-33-9-6-14(13(25)11-33)29-15-5-3-4-12-17(15)36-19(18(12)37-24(26,27)28)20-31-21(35-32-20)16-10-23(7-8-23)22(34)30-16/h3-5,13-14,16,29H,2,6-11H2,1H3,(H,30,34)/t13-,14+,16+/m0/s1. The third kappa shape index (κ3) is 4.69. The summed E-state index contributed by atoms with van der Waals surface area (Å²) < 4.78 is 61.7. The van der Waals surface area contributed by atoms with Crippen LogP contribution in [0.25, 0.3) is 20.8 Å². The fraction of sp³-hybridized carbons (Fsp3) is 0.542. The number of rotatable bonds is 6. The molecule has 1 spiro atoms. The van der Waals surface area contributed by atoms with E-state index in [0.717, 1.165) is 37.3 Å². The van der Waals surface area contributed by atoms with Crippen molar-refractivity contribution in [2.24, 2.45) is 5.41 Å². The molecule has 3 fully saturated rings. The van der Waals surface area contributed by atoms with Crippen LogP contribution in [-0.2, 0) is 4.79 Å². The van der Waals surface area contributed by atoms with E-state index in [4.69, 9.17) is 4.52 Å². The molecule has 3 atom stereocenters. The quantitative estimate of drug-likeness (QED) is 0.296. The molecule has 198 valence electrons. The van der Waals surface area contributed by atoms with Gasteiger partial charge in [0, 0.05) is 23.4 Å². The van der Waals surface area contributed by atoms with Crippen LogP contribution in [0.1, 0.15) is 44.5 Å². The molecular weight excluding hydrogens is 530 g/mol. The largest absolute Gasteiger partial charge is 0.446 e. The Kier molecular flexibility index (Phi) is 6.15. The van der Waals surface area contributed by atoms with Gasteiger partial charge in [-0.05, 0) is 50.1 Å². The summed E-state index contributed by atoms with van der Waals surface area (Å²) in [6, 6.07) is 4.16. The highest BCUT2D eigenvalue weighted by molar-refractivity contribution is 8.00. The number of anilines is 1. The van der Waals surface area contributed by atoms with Gasteiger partial charge in [0.1, 0.15) is 12.2 Å². The molecule has 4 heterocycles. The topological polar surface area (TPSA) is 83.3 Å². The summed E-state index contributed by atoms with van der Waals surface area (Å²) in [4.78, 5) is 18.9. The molecule has 1 amide bonds. The van der Waals surface area contributed by atoms with Gasteiger partial charge in [0.15, 0.2) is 0 Å². The number of amides is 1. The fourth-order valence-corrected chi connectivity index (χ4v) is 7.35. The van der Waals surface area contributed by atoms with Gasteiger partial charge in [0.2, 0.25) is 17.6 Å². The number of piperidine rings is 1. The Morgan fingerprint density at radius 2 is 2.16 bits per heavy atom. The monoisotopic (exact) mass is 555 g/mol. The maximum Gasteiger partial charge on any atom is 0.446 e. The van der Waals surface area contributed by atoms with E-state index in [1.165, 1.54) is 0 Å². The number of nitrogens with zero attached hydrogens (tertiary/aromatic N) is 3. The van der Waals surface area contributed by atoms with Gasteiger partial charge in [-0.3, -0.25) is 4.79 Å². The number of hydrogen-bond donors (Lipinski definition) is 2. The molecule has 6 rings (SSSR count). The van der Waals surface area contributed by atoms with Gasteiger partial charge < -0.3 is 20.1 Å². The molecule has 0 bridgehead atoms. The Labute approximate surface area is 218 Å². The van der Waals surface area contributed by atoms with Crippen LogP contribution in [0.4, 0.5) is 23.2 Å². The number of thiophene rings is 1. The Bertz CT molecular complexity index is 1340. The Balaban J connectivity index is 1.34. The second-order valence-corrected chi connectivity index (χ2v) is 12.0. The first kappa shape index (κ1) is 24.9. The van der Waals surface area contributed by atoms with E-state index in [1.54, 1.807) is 18.2 Å². The molecule has 1 saturated carbocycles. The normalized spacial score (nSPS) is 25.6. The van der Waals surface area contributed by atoms with Gasteiger partial charge in [-0.25, -0.2) is 4.39 Å². The van der Waals surface area contributed by atoms with Crippen LogP contribution in [0.5, 0.6) is 0 Å². The van der Waals surface area contributed by atoms with Gasteiger partial charge in [-0.1, -0.05) is 24.2 Å². The average Bonchev–Trinajstić information content (AvgIpc) is 3.17. The number of thioether (sulfide) groups is 1. The summed E-state index contributed by atoms with van der Waals surface area (Å²) >= 11 is 0.898. The number of carbonyl (C=O) groups excluding carboxylic acids is 1. The molecule has 13 heteroatoms. The number of likely N-dealkylation sites (tertiary alicyclic amines) is 1. The van der Waals surface area contributed by atoms with Crippen LogP contribution in [-0.4, -0.2) is 58.3 Å². The predicted molar refractivity (Wildman–Crippen MR) is 133 cm³/mol. The minimum absolute atomic E-state index is 0.0183. The lowest BCUT2D eigenvalue weighted by Crippen LogP contribution is -2.47. The SMILES string of the molecule is CCN1CC[C@@H](Nc2cccc3c(SC(F)(F)F)c(-c4noc([C@H]5CC6(CC6)C(=O)N5)n4)sc23)[C@@H](F)C1. The van der Waals surface area contributed by atoms with Gasteiger partial charge in [0.05, 0.1) is 26.7 Å². The van der Waals surface area contributed by atoms with Crippen molar-refractivity contribution >= 4 is 44.8 Å². The van der Waals surface area contributed by atoms with Crippen LogP contribution in [0.3, 0.4) is 0 Å². The van der Waals surface area contributed by atoms with E-state index in [-0.39, 0.29) is 44.6 Å². The summed E-state index contributed by atoms with van der Waals surface area (Å²) in [7, 11) is 0. The number of hydrogen-bond acceptors (Lipinski definition) is 8. The zero-order chi connectivity index (χ0) is 25.9. The third-order valence-corrected chi connectivity index (χ3v) is 9.70. The Hall–Kier alpha value is -2.38. The lowest BCUT2D eigenvalue weighted by atomic mass is 10.0. The highest BCUT2D eigenvalue weighted by Gasteiger charge is 2.57. The van der Waals surface area contributed by atoms with Crippen molar-refractivity contribution in [1.29, 1.82) is 0 Å². The van der Waals surface area contributed by atoms with Crippen molar-refractivity contribution < 1.29 is 26.9 Å². The van der Waals surface area contributed by atoms with Gasteiger partial charge in [-0.15, -0.1) is 11.3 Å². The number of alkyl halides is 4. The molecule has 2 aromatic heterocycles. The smallest absolute Gasteiger partial charge is 0.378 e. The van der Waals surface area contributed by atoms with Crippen molar-refractivity contribution in [3.05, 3.63) is 24.1 Å². The van der Waals surface area contributed by atoms with Crippen molar-refractivity contribution in [1.82, 2.24) is 20.4 Å². The second-order valence-electron chi connectivity index (χ2n) is 9.91. The average molecular weight is 556 g/mol. The first-order valence-electron chi connectivity index (χ1n) is 12.2.